The fraction of sp³-hybridized carbons (Fsp3) is 0.188. The Balaban J connectivity index is 2.21. The van der Waals surface area contributed by atoms with E-state index >= 15 is 0 Å². The van der Waals surface area contributed by atoms with Crippen molar-refractivity contribution in [3.8, 4) is 17.0 Å². The highest BCUT2D eigenvalue weighted by Crippen LogP contribution is 2.36. The Bertz CT molecular complexity index is 807. The molecule has 1 aromatic carbocycles. The number of carbonyl (C=O) groups is 2. The molecular weight excluding hydrogens is 308 g/mol. The molecule has 1 atom stereocenters. The summed E-state index contributed by atoms with van der Waals surface area (Å²) in [6.07, 6.45) is 0.638. The van der Waals surface area contributed by atoms with Gasteiger partial charge in [-0.2, -0.15) is 0 Å². The van der Waals surface area contributed by atoms with Gasteiger partial charge in [0.1, 0.15) is 11.6 Å². The van der Waals surface area contributed by atoms with Gasteiger partial charge in [0, 0.05) is 17.2 Å². The van der Waals surface area contributed by atoms with Crippen LogP contribution in [-0.2, 0) is 11.2 Å². The van der Waals surface area contributed by atoms with Crippen molar-refractivity contribution in [3.63, 3.8) is 0 Å². The van der Waals surface area contributed by atoms with Gasteiger partial charge in [0.2, 0.25) is 5.88 Å². The van der Waals surface area contributed by atoms with E-state index < -0.39 is 23.7 Å². The van der Waals surface area contributed by atoms with Crippen LogP contribution >= 0.6 is 0 Å². The lowest BCUT2D eigenvalue weighted by atomic mass is 9.94. The summed E-state index contributed by atoms with van der Waals surface area (Å²) in [6.45, 7) is 0. The zero-order chi connectivity index (χ0) is 16.6. The van der Waals surface area contributed by atoms with E-state index in [4.69, 9.17) is 9.84 Å². The van der Waals surface area contributed by atoms with E-state index in [1.54, 1.807) is 0 Å². The highest BCUT2D eigenvalue weighted by molar-refractivity contribution is 5.88. The lowest BCUT2D eigenvalue weighted by molar-refractivity contribution is -0.114. The lowest BCUT2D eigenvalue weighted by Crippen LogP contribution is -2.25. The molecule has 0 fully saturated rings. The van der Waals surface area contributed by atoms with E-state index in [-0.39, 0.29) is 22.7 Å². The van der Waals surface area contributed by atoms with E-state index in [0.717, 1.165) is 12.1 Å². The van der Waals surface area contributed by atoms with Crippen molar-refractivity contribution in [1.29, 1.82) is 0 Å². The van der Waals surface area contributed by atoms with E-state index in [9.17, 15) is 18.4 Å². The quantitative estimate of drug-likeness (QED) is 0.880. The number of aromatic nitrogens is 1. The zero-order valence-corrected chi connectivity index (χ0v) is 11.8. The molecule has 1 aliphatic heterocycles. The van der Waals surface area contributed by atoms with E-state index in [0.29, 0.717) is 24.7 Å². The predicted molar refractivity (Wildman–Crippen MR) is 75.3 cm³/mol. The van der Waals surface area contributed by atoms with Crippen LogP contribution < -0.4 is 4.74 Å². The number of hydrogen-bond donors (Lipinski definition) is 1. The smallest absolute Gasteiger partial charge is 0.354 e. The van der Waals surface area contributed by atoms with Gasteiger partial charge in [0.15, 0.2) is 18.1 Å². The predicted octanol–water partition coefficient (Wildman–Crippen LogP) is 2.62. The minimum Gasteiger partial charge on any atom is -0.477 e. The van der Waals surface area contributed by atoms with Crippen molar-refractivity contribution in [1.82, 2.24) is 4.98 Å². The number of carboxylic acid groups (broad SMARTS) is 1. The molecule has 7 heteroatoms. The number of aldehydes is 1. The van der Waals surface area contributed by atoms with Gasteiger partial charge in [0.05, 0.1) is 0 Å². The fourth-order valence-electron chi connectivity index (χ4n) is 2.53. The Morgan fingerprint density at radius 3 is 2.74 bits per heavy atom. The van der Waals surface area contributed by atoms with Crippen molar-refractivity contribution in [2.24, 2.45) is 0 Å². The maximum absolute atomic E-state index is 14.1. The van der Waals surface area contributed by atoms with Crippen molar-refractivity contribution >= 4 is 12.3 Å². The van der Waals surface area contributed by atoms with Crippen LogP contribution in [0, 0.1) is 11.6 Å². The summed E-state index contributed by atoms with van der Waals surface area (Å²) in [5.74, 6) is -2.86. The normalized spacial score (nSPS) is 16.3. The molecule has 0 saturated carbocycles. The van der Waals surface area contributed by atoms with Gasteiger partial charge in [-0.25, -0.2) is 18.6 Å². The van der Waals surface area contributed by atoms with Crippen LogP contribution in [0.1, 0.15) is 22.5 Å². The molecule has 1 aliphatic rings. The van der Waals surface area contributed by atoms with Gasteiger partial charge in [0.25, 0.3) is 0 Å². The number of carboxylic acids is 1. The first kappa shape index (κ1) is 15.1. The highest BCUT2D eigenvalue weighted by Gasteiger charge is 2.26. The topological polar surface area (TPSA) is 76.5 Å². The molecule has 1 aromatic heterocycles. The second-order valence-electron chi connectivity index (χ2n) is 5.10. The molecule has 1 N–H and O–H groups in total. The average molecular weight is 319 g/mol. The number of aromatic carboxylic acids is 1. The monoisotopic (exact) mass is 319 g/mol. The van der Waals surface area contributed by atoms with Crippen molar-refractivity contribution in [2.45, 2.75) is 18.9 Å². The largest absolute Gasteiger partial charge is 0.477 e. The number of pyridine rings is 1. The molecule has 2 heterocycles. The van der Waals surface area contributed by atoms with Crippen LogP contribution in [-0.4, -0.2) is 28.4 Å². The third-order valence-corrected chi connectivity index (χ3v) is 3.62. The molecular formula is C16H11F2NO4. The molecule has 23 heavy (non-hydrogen) atoms. The number of benzene rings is 1. The van der Waals surface area contributed by atoms with Crippen molar-refractivity contribution in [3.05, 3.63) is 47.2 Å². The minimum atomic E-state index is -1.31. The molecule has 1 unspecified atom stereocenters. The number of nitrogens with zero attached hydrogens (tertiary/aromatic N) is 1. The molecule has 0 saturated heterocycles. The molecule has 118 valence electrons. The second kappa shape index (κ2) is 5.75. The molecule has 0 radical (unpaired) electrons. The Hall–Kier alpha value is -2.83. The van der Waals surface area contributed by atoms with Crippen molar-refractivity contribution in [2.75, 3.05) is 0 Å². The summed E-state index contributed by atoms with van der Waals surface area (Å²) in [5.41, 5.74) is 0.489. The van der Waals surface area contributed by atoms with Gasteiger partial charge in [-0.05, 0) is 36.6 Å². The first-order valence-corrected chi connectivity index (χ1v) is 6.84. The molecule has 3 rings (SSSR count). The van der Waals surface area contributed by atoms with Crippen LogP contribution in [0.4, 0.5) is 8.78 Å². The maximum Gasteiger partial charge on any atom is 0.354 e. The van der Waals surface area contributed by atoms with Gasteiger partial charge in [-0.1, -0.05) is 0 Å². The van der Waals surface area contributed by atoms with Crippen LogP contribution in [0.2, 0.25) is 0 Å². The zero-order valence-electron chi connectivity index (χ0n) is 11.8. The van der Waals surface area contributed by atoms with Gasteiger partial charge >= 0.3 is 5.97 Å². The molecule has 0 bridgehead atoms. The first-order valence-electron chi connectivity index (χ1n) is 6.84. The Labute approximate surface area is 129 Å². The Morgan fingerprint density at radius 1 is 1.30 bits per heavy atom. The standard InChI is InChI=1S/C16H11F2NO4/c17-8-1-3-10(13(18)5-8)12-6-14(16(21)22)19-15-11(12)4-2-9(7-20)23-15/h1,3,5-7,9H,2,4H2,(H,21,22). The third kappa shape index (κ3) is 2.77. The number of rotatable bonds is 3. The first-order chi connectivity index (χ1) is 11.0. The summed E-state index contributed by atoms with van der Waals surface area (Å²) in [6, 6.07) is 4.27. The van der Waals surface area contributed by atoms with Gasteiger partial charge in [-0.3, -0.25) is 4.79 Å². The molecule has 0 spiro atoms. The number of hydrogen-bond acceptors (Lipinski definition) is 4. The SMILES string of the molecule is O=CC1CCc2c(-c3ccc(F)cc3F)cc(C(=O)O)nc2O1. The van der Waals surface area contributed by atoms with Gasteiger partial charge in [-0.15, -0.1) is 0 Å². The Morgan fingerprint density at radius 2 is 2.09 bits per heavy atom. The average Bonchev–Trinajstić information content (AvgIpc) is 2.53. The summed E-state index contributed by atoms with van der Waals surface area (Å²) < 4.78 is 32.5. The van der Waals surface area contributed by atoms with E-state index in [1.807, 2.05) is 0 Å². The number of halogens is 2. The number of ether oxygens (including phenoxy) is 1. The second-order valence-corrected chi connectivity index (χ2v) is 5.10. The van der Waals surface area contributed by atoms with Crippen LogP contribution in [0.25, 0.3) is 11.1 Å². The summed E-state index contributed by atoms with van der Waals surface area (Å²) in [4.78, 5) is 26.0. The summed E-state index contributed by atoms with van der Waals surface area (Å²) >= 11 is 0. The van der Waals surface area contributed by atoms with Crippen molar-refractivity contribution < 1.29 is 28.2 Å². The lowest BCUT2D eigenvalue weighted by Gasteiger charge is -2.24. The van der Waals surface area contributed by atoms with E-state index in [1.165, 1.54) is 12.1 Å². The number of fused-ring (bicyclic) bond motifs is 1. The van der Waals surface area contributed by atoms with Crippen LogP contribution in [0.3, 0.4) is 0 Å². The maximum atomic E-state index is 14.1. The van der Waals surface area contributed by atoms with Crippen LogP contribution in [0.15, 0.2) is 24.3 Å². The molecule has 0 aliphatic carbocycles. The molecule has 2 aromatic rings. The van der Waals surface area contributed by atoms with Crippen LogP contribution in [0.5, 0.6) is 5.88 Å². The van der Waals surface area contributed by atoms with E-state index in [2.05, 4.69) is 4.98 Å². The number of carbonyl (C=O) groups excluding carboxylic acids is 1. The Kier molecular flexibility index (Phi) is 3.77. The summed E-state index contributed by atoms with van der Waals surface area (Å²) in [7, 11) is 0. The molecule has 0 amide bonds. The highest BCUT2D eigenvalue weighted by atomic mass is 19.1. The third-order valence-electron chi connectivity index (χ3n) is 3.62. The minimum absolute atomic E-state index is 0.00743. The fourth-order valence-corrected chi connectivity index (χ4v) is 2.53. The molecule has 5 nitrogen and oxygen atoms in total. The summed E-state index contributed by atoms with van der Waals surface area (Å²) in [5, 5.41) is 9.15. The van der Waals surface area contributed by atoms with Gasteiger partial charge < -0.3 is 9.84 Å².